The predicted molar refractivity (Wildman–Crippen MR) is 138 cm³/mol. The molecule has 2 aliphatic heterocycles. The van der Waals surface area contributed by atoms with Crippen LogP contribution in [0.2, 0.25) is 0 Å². The van der Waals surface area contributed by atoms with Crippen LogP contribution in [0.15, 0.2) is 48.5 Å². The molecule has 0 saturated carbocycles. The van der Waals surface area contributed by atoms with Crippen molar-refractivity contribution in [1.29, 1.82) is 0 Å². The molecular formula is C27H33ClFN3O5. The summed E-state index contributed by atoms with van der Waals surface area (Å²) in [5, 5.41) is 8.80. The van der Waals surface area contributed by atoms with E-state index in [-0.39, 0.29) is 24.7 Å². The molecule has 4 rings (SSSR count). The highest BCUT2D eigenvalue weighted by Gasteiger charge is 2.52. The molecule has 0 aliphatic carbocycles. The lowest BCUT2D eigenvalue weighted by Gasteiger charge is -2.38. The van der Waals surface area contributed by atoms with Gasteiger partial charge in [0.05, 0.1) is 6.42 Å². The lowest BCUT2D eigenvalue weighted by atomic mass is 9.88. The van der Waals surface area contributed by atoms with Gasteiger partial charge in [-0.25, -0.2) is 4.39 Å². The normalized spacial score (nSPS) is 21.4. The van der Waals surface area contributed by atoms with E-state index in [1.165, 1.54) is 0 Å². The molecule has 2 aromatic rings. The van der Waals surface area contributed by atoms with Crippen LogP contribution in [-0.4, -0.2) is 64.2 Å². The highest BCUT2D eigenvalue weighted by atomic mass is 35.5. The minimum Gasteiger partial charge on any atom is -0.480 e. The summed E-state index contributed by atoms with van der Waals surface area (Å²) in [5.41, 5.74) is 8.54. The van der Waals surface area contributed by atoms with Crippen molar-refractivity contribution in [2.24, 2.45) is 5.73 Å². The number of piperidine rings is 1. The Morgan fingerprint density at radius 2 is 1.73 bits per heavy atom. The van der Waals surface area contributed by atoms with Gasteiger partial charge in [-0.3, -0.25) is 19.3 Å². The highest BCUT2D eigenvalue weighted by molar-refractivity contribution is 5.87. The van der Waals surface area contributed by atoms with Crippen LogP contribution < -0.4 is 10.5 Å². The molecule has 2 aromatic carbocycles. The molecule has 37 heavy (non-hydrogen) atoms. The van der Waals surface area contributed by atoms with Gasteiger partial charge in [0, 0.05) is 32.6 Å². The number of halogens is 2. The van der Waals surface area contributed by atoms with E-state index in [2.05, 4.69) is 0 Å². The Balaban J connectivity index is 0.00000380. The summed E-state index contributed by atoms with van der Waals surface area (Å²) in [4.78, 5) is 38.9. The van der Waals surface area contributed by atoms with Crippen molar-refractivity contribution in [2.45, 2.75) is 56.9 Å². The van der Waals surface area contributed by atoms with E-state index in [1.54, 1.807) is 21.9 Å². The molecule has 0 radical (unpaired) electrons. The monoisotopic (exact) mass is 533 g/mol. The number of likely N-dealkylation sites (tertiary alicyclic amines) is 2. The van der Waals surface area contributed by atoms with Crippen LogP contribution in [0.3, 0.4) is 0 Å². The van der Waals surface area contributed by atoms with Crippen LogP contribution in [0, 0.1) is 6.92 Å². The molecule has 2 heterocycles. The molecule has 8 nitrogen and oxygen atoms in total. The van der Waals surface area contributed by atoms with E-state index in [0.29, 0.717) is 44.8 Å². The number of amides is 1. The zero-order chi connectivity index (χ0) is 25.9. The number of carboxylic acids is 1. The first-order chi connectivity index (χ1) is 17.2. The van der Waals surface area contributed by atoms with Crippen LogP contribution in [0.1, 0.15) is 48.3 Å². The van der Waals surface area contributed by atoms with Crippen molar-refractivity contribution in [3.05, 3.63) is 65.2 Å². The van der Waals surface area contributed by atoms with Crippen LogP contribution in [0.4, 0.5) is 4.39 Å². The van der Waals surface area contributed by atoms with Crippen molar-refractivity contribution >= 4 is 30.3 Å². The van der Waals surface area contributed by atoms with Crippen molar-refractivity contribution in [2.75, 3.05) is 19.6 Å². The minimum atomic E-state index is -1.95. The second-order valence-corrected chi connectivity index (χ2v) is 9.67. The van der Waals surface area contributed by atoms with E-state index in [0.717, 1.165) is 16.7 Å². The van der Waals surface area contributed by atoms with Gasteiger partial charge in [0.2, 0.25) is 5.79 Å². The molecule has 0 bridgehead atoms. The lowest BCUT2D eigenvalue weighted by molar-refractivity contribution is -0.151. The molecule has 0 aromatic heterocycles. The van der Waals surface area contributed by atoms with Crippen molar-refractivity contribution in [3.8, 4) is 5.75 Å². The molecule has 0 unspecified atom stereocenters. The summed E-state index contributed by atoms with van der Waals surface area (Å²) in [7, 11) is 0. The summed E-state index contributed by atoms with van der Waals surface area (Å²) >= 11 is 0. The number of esters is 1. The number of benzene rings is 2. The van der Waals surface area contributed by atoms with Gasteiger partial charge in [-0.1, -0.05) is 42.0 Å². The van der Waals surface area contributed by atoms with Crippen LogP contribution in [0.5, 0.6) is 5.75 Å². The number of ether oxygens (including phenoxy) is 1. The number of carboxylic acid groups (broad SMARTS) is 1. The first-order valence-electron chi connectivity index (χ1n) is 12.2. The Hall–Kier alpha value is -3.01. The third-order valence-electron chi connectivity index (χ3n) is 7.11. The summed E-state index contributed by atoms with van der Waals surface area (Å²) in [6.07, 6.45) is 1.18. The van der Waals surface area contributed by atoms with Crippen molar-refractivity contribution in [3.63, 3.8) is 0 Å². The number of alkyl halides is 1. The maximum atomic E-state index is 15.9. The maximum Gasteiger partial charge on any atom is 0.321 e. The number of rotatable bonds is 8. The lowest BCUT2D eigenvalue weighted by Crippen LogP contribution is -2.53. The summed E-state index contributed by atoms with van der Waals surface area (Å²) in [6, 6.07) is 13.7. The van der Waals surface area contributed by atoms with Crippen LogP contribution in [0.25, 0.3) is 0 Å². The molecule has 2 aliphatic rings. The van der Waals surface area contributed by atoms with Gasteiger partial charge in [0.25, 0.3) is 5.91 Å². The smallest absolute Gasteiger partial charge is 0.321 e. The number of carbonyl (C=O) groups is 3. The zero-order valence-corrected chi connectivity index (χ0v) is 21.6. The van der Waals surface area contributed by atoms with E-state index in [4.69, 9.17) is 15.6 Å². The average molecular weight is 534 g/mol. The molecule has 0 spiro atoms. The average Bonchev–Trinajstić information content (AvgIpc) is 3.15. The Kier molecular flexibility index (Phi) is 9.28. The highest BCUT2D eigenvalue weighted by Crippen LogP contribution is 2.37. The van der Waals surface area contributed by atoms with Crippen molar-refractivity contribution < 1.29 is 28.6 Å². The van der Waals surface area contributed by atoms with E-state index < -0.39 is 36.1 Å². The fourth-order valence-electron chi connectivity index (χ4n) is 4.91. The molecular weight excluding hydrogens is 501 g/mol. The molecule has 2 atom stereocenters. The quantitative estimate of drug-likeness (QED) is 0.304. The number of nitrogens with two attached hydrogens (primary N) is 1. The summed E-state index contributed by atoms with van der Waals surface area (Å²) in [6.45, 7) is 3.79. The molecule has 3 N–H and O–H groups in total. The third kappa shape index (κ3) is 6.66. The zero-order valence-electron chi connectivity index (χ0n) is 20.8. The maximum absolute atomic E-state index is 15.9. The molecule has 10 heteroatoms. The largest absolute Gasteiger partial charge is 0.480 e. The fourth-order valence-corrected chi connectivity index (χ4v) is 4.91. The second-order valence-electron chi connectivity index (χ2n) is 9.67. The first-order valence-corrected chi connectivity index (χ1v) is 12.2. The number of carbonyl (C=O) groups excluding carboxylic acids is 2. The van der Waals surface area contributed by atoms with Crippen LogP contribution >= 0.6 is 12.4 Å². The van der Waals surface area contributed by atoms with Gasteiger partial charge in [0.1, 0.15) is 11.8 Å². The summed E-state index contributed by atoms with van der Waals surface area (Å²) in [5.74, 6) is -3.86. The number of hydrogen-bond acceptors (Lipinski definition) is 6. The van der Waals surface area contributed by atoms with Gasteiger partial charge in [-0.2, -0.15) is 0 Å². The Morgan fingerprint density at radius 3 is 2.32 bits per heavy atom. The molecule has 2 saturated heterocycles. The standard InChI is InChI=1S/C27H32FN3O5.ClH/c1-18-2-4-19(5-3-18)17-30-15-12-27(28,26(30)35)31-13-10-21(11-14-31)20-6-8-22(9-7-20)36-24(32)16-23(29)25(33)34;/h2-9,21,23H,10-17,29H2,1H3,(H,33,34);1H/t23-,27+;/m0./s1. The fraction of sp³-hybridized carbons (Fsp3) is 0.444. The van der Waals surface area contributed by atoms with Gasteiger partial charge in [-0.15, -0.1) is 12.4 Å². The Bertz CT molecular complexity index is 1110. The van der Waals surface area contributed by atoms with Crippen LogP contribution in [-0.2, 0) is 20.9 Å². The number of aliphatic carboxylic acids is 1. The van der Waals surface area contributed by atoms with Gasteiger partial charge >= 0.3 is 11.9 Å². The topological polar surface area (TPSA) is 113 Å². The predicted octanol–water partition coefficient (Wildman–Crippen LogP) is 3.40. The Morgan fingerprint density at radius 1 is 1.11 bits per heavy atom. The Labute approximate surface area is 222 Å². The third-order valence-corrected chi connectivity index (χ3v) is 7.11. The number of aryl methyl sites for hydroxylation is 1. The van der Waals surface area contributed by atoms with E-state index in [1.807, 2.05) is 43.3 Å². The SMILES string of the molecule is Cc1ccc(CN2CC[C@@](F)(N3CCC(c4ccc(OC(=O)C[C@H](N)C(=O)O)cc4)CC3)C2=O)cc1.Cl. The van der Waals surface area contributed by atoms with Gasteiger partial charge < -0.3 is 20.5 Å². The number of hydrogen-bond donors (Lipinski definition) is 2. The molecule has 1 amide bonds. The van der Waals surface area contributed by atoms with E-state index >= 15 is 4.39 Å². The van der Waals surface area contributed by atoms with Gasteiger partial charge in [0.15, 0.2) is 0 Å². The second kappa shape index (κ2) is 12.0. The van der Waals surface area contributed by atoms with Gasteiger partial charge in [-0.05, 0) is 48.9 Å². The number of nitrogens with zero attached hydrogens (tertiary/aromatic N) is 2. The summed E-state index contributed by atoms with van der Waals surface area (Å²) < 4.78 is 21.1. The molecule has 2 fully saturated rings. The minimum absolute atomic E-state index is 0. The van der Waals surface area contributed by atoms with E-state index in [9.17, 15) is 14.4 Å². The van der Waals surface area contributed by atoms with Crippen molar-refractivity contribution in [1.82, 2.24) is 9.80 Å². The molecule has 200 valence electrons. The first kappa shape index (κ1) is 28.6.